The molecule has 2 aromatic carbocycles. The summed E-state index contributed by atoms with van der Waals surface area (Å²) in [5.74, 6) is -0.213. The Morgan fingerprint density at radius 2 is 1.76 bits per heavy atom. The molecular weight excluding hydrogens is 336 g/mol. The van der Waals surface area contributed by atoms with Crippen LogP contribution in [-0.4, -0.2) is 27.1 Å². The number of benzene rings is 2. The average molecular weight is 360 g/mol. The van der Waals surface area contributed by atoms with Gasteiger partial charge in [-0.25, -0.2) is 8.42 Å². The molecule has 0 aliphatic heterocycles. The summed E-state index contributed by atoms with van der Waals surface area (Å²) in [7, 11) is -3.46. The first-order valence-electron chi connectivity index (χ1n) is 8.09. The molecule has 2 rings (SSSR count). The van der Waals surface area contributed by atoms with Gasteiger partial charge in [0.2, 0.25) is 15.9 Å². The van der Waals surface area contributed by atoms with Crippen LogP contribution in [-0.2, 0) is 14.8 Å². The summed E-state index contributed by atoms with van der Waals surface area (Å²) in [6, 6.07) is 12.9. The van der Waals surface area contributed by atoms with Gasteiger partial charge in [-0.1, -0.05) is 24.3 Å². The molecule has 0 radical (unpaired) electrons. The SMILES string of the molecule is Cc1cccc(N(CCC(=O)Nc2cccc(C)c2C)S(C)(=O)=O)c1. The van der Waals surface area contributed by atoms with Crippen molar-refractivity contribution in [2.24, 2.45) is 0 Å². The standard InChI is InChI=1S/C19H24N2O3S/c1-14-7-5-9-17(13-14)21(25(4,23)24)12-11-19(22)20-18-10-6-8-15(2)16(18)3/h5-10,13H,11-12H2,1-4H3,(H,20,22). The molecule has 134 valence electrons. The van der Waals surface area contributed by atoms with Gasteiger partial charge in [-0.2, -0.15) is 0 Å². The van der Waals surface area contributed by atoms with E-state index in [1.165, 1.54) is 4.31 Å². The smallest absolute Gasteiger partial charge is 0.232 e. The number of aryl methyl sites for hydroxylation is 2. The largest absolute Gasteiger partial charge is 0.326 e. The zero-order chi connectivity index (χ0) is 18.6. The van der Waals surface area contributed by atoms with Crippen LogP contribution in [0.3, 0.4) is 0 Å². The van der Waals surface area contributed by atoms with Gasteiger partial charge >= 0.3 is 0 Å². The first-order chi connectivity index (χ1) is 11.7. The van der Waals surface area contributed by atoms with Gasteiger partial charge in [0.05, 0.1) is 11.9 Å². The van der Waals surface area contributed by atoms with Gasteiger partial charge in [0.1, 0.15) is 0 Å². The normalized spacial score (nSPS) is 11.2. The van der Waals surface area contributed by atoms with E-state index in [0.717, 1.165) is 28.6 Å². The van der Waals surface area contributed by atoms with Crippen LogP contribution in [0.25, 0.3) is 0 Å². The third-order valence-corrected chi connectivity index (χ3v) is 5.30. The molecule has 0 fully saturated rings. The highest BCUT2D eigenvalue weighted by molar-refractivity contribution is 7.92. The molecular formula is C19H24N2O3S. The Morgan fingerprint density at radius 3 is 2.40 bits per heavy atom. The molecule has 0 saturated heterocycles. The maximum Gasteiger partial charge on any atom is 0.232 e. The number of hydrogen-bond donors (Lipinski definition) is 1. The van der Waals surface area contributed by atoms with E-state index in [2.05, 4.69) is 5.32 Å². The molecule has 6 heteroatoms. The van der Waals surface area contributed by atoms with Crippen LogP contribution in [0.15, 0.2) is 42.5 Å². The first-order valence-corrected chi connectivity index (χ1v) is 9.94. The Balaban J connectivity index is 2.10. The molecule has 2 aromatic rings. The van der Waals surface area contributed by atoms with E-state index in [1.54, 1.807) is 18.2 Å². The Labute approximate surface area is 149 Å². The van der Waals surface area contributed by atoms with Gasteiger partial charge in [0.25, 0.3) is 0 Å². The maximum atomic E-state index is 12.3. The first kappa shape index (κ1) is 19.0. The Bertz CT molecular complexity index is 876. The second kappa shape index (κ2) is 7.70. The van der Waals surface area contributed by atoms with Crippen LogP contribution < -0.4 is 9.62 Å². The van der Waals surface area contributed by atoms with Crippen molar-refractivity contribution in [1.82, 2.24) is 0 Å². The lowest BCUT2D eigenvalue weighted by atomic mass is 10.1. The van der Waals surface area contributed by atoms with Gasteiger partial charge in [-0.3, -0.25) is 9.10 Å². The van der Waals surface area contributed by atoms with Crippen molar-refractivity contribution in [1.29, 1.82) is 0 Å². The summed E-state index contributed by atoms with van der Waals surface area (Å²) in [5.41, 5.74) is 4.39. The number of nitrogens with zero attached hydrogens (tertiary/aromatic N) is 1. The lowest BCUT2D eigenvalue weighted by Gasteiger charge is -2.22. The van der Waals surface area contributed by atoms with Crippen LogP contribution in [0.4, 0.5) is 11.4 Å². The van der Waals surface area contributed by atoms with Gasteiger partial charge in [0.15, 0.2) is 0 Å². The molecule has 0 unspecified atom stereocenters. The van der Waals surface area contributed by atoms with Crippen molar-refractivity contribution in [3.63, 3.8) is 0 Å². The third kappa shape index (κ3) is 5.06. The molecule has 0 aliphatic rings. The fraction of sp³-hybridized carbons (Fsp3) is 0.316. The number of amides is 1. The molecule has 0 aliphatic carbocycles. The number of nitrogens with one attached hydrogen (secondary N) is 1. The van der Waals surface area contributed by atoms with E-state index < -0.39 is 10.0 Å². The fourth-order valence-corrected chi connectivity index (χ4v) is 3.49. The van der Waals surface area contributed by atoms with Gasteiger partial charge < -0.3 is 5.32 Å². The molecule has 25 heavy (non-hydrogen) atoms. The summed E-state index contributed by atoms with van der Waals surface area (Å²) < 4.78 is 25.5. The third-order valence-electron chi connectivity index (χ3n) is 4.11. The predicted octanol–water partition coefficient (Wildman–Crippen LogP) is 3.41. The zero-order valence-corrected chi connectivity index (χ0v) is 15.9. The summed E-state index contributed by atoms with van der Waals surface area (Å²) >= 11 is 0. The zero-order valence-electron chi connectivity index (χ0n) is 15.0. The molecule has 0 bridgehead atoms. The van der Waals surface area contributed by atoms with Crippen LogP contribution in [0.2, 0.25) is 0 Å². The highest BCUT2D eigenvalue weighted by Crippen LogP contribution is 2.20. The van der Waals surface area contributed by atoms with Crippen LogP contribution in [0, 0.1) is 20.8 Å². The second-order valence-electron chi connectivity index (χ2n) is 6.22. The van der Waals surface area contributed by atoms with E-state index in [9.17, 15) is 13.2 Å². The highest BCUT2D eigenvalue weighted by Gasteiger charge is 2.19. The second-order valence-corrected chi connectivity index (χ2v) is 8.13. The number of carbonyl (C=O) groups is 1. The summed E-state index contributed by atoms with van der Waals surface area (Å²) in [4.78, 5) is 12.3. The van der Waals surface area contributed by atoms with Crippen LogP contribution in [0.5, 0.6) is 0 Å². The van der Waals surface area contributed by atoms with Crippen molar-refractivity contribution in [3.05, 3.63) is 59.2 Å². The predicted molar refractivity (Wildman–Crippen MR) is 103 cm³/mol. The number of hydrogen-bond acceptors (Lipinski definition) is 3. The molecule has 0 heterocycles. The summed E-state index contributed by atoms with van der Waals surface area (Å²) in [6.07, 6.45) is 1.23. The van der Waals surface area contributed by atoms with Crippen molar-refractivity contribution < 1.29 is 13.2 Å². The Morgan fingerprint density at radius 1 is 1.08 bits per heavy atom. The lowest BCUT2D eigenvalue weighted by Crippen LogP contribution is -2.33. The average Bonchev–Trinajstić information content (AvgIpc) is 2.51. The van der Waals surface area contributed by atoms with Crippen LogP contribution >= 0.6 is 0 Å². The van der Waals surface area contributed by atoms with Gasteiger partial charge in [-0.05, 0) is 55.7 Å². The molecule has 1 amide bonds. The number of carbonyl (C=O) groups excluding carboxylic acids is 1. The fourth-order valence-electron chi connectivity index (χ4n) is 2.57. The molecule has 0 atom stereocenters. The minimum Gasteiger partial charge on any atom is -0.326 e. The van der Waals surface area contributed by atoms with E-state index >= 15 is 0 Å². The topological polar surface area (TPSA) is 66.5 Å². The van der Waals surface area contributed by atoms with Gasteiger partial charge in [-0.15, -0.1) is 0 Å². The van der Waals surface area contributed by atoms with Crippen molar-refractivity contribution in [2.75, 3.05) is 22.4 Å². The monoisotopic (exact) mass is 360 g/mol. The number of anilines is 2. The van der Waals surface area contributed by atoms with E-state index in [1.807, 2.05) is 45.0 Å². The lowest BCUT2D eigenvalue weighted by molar-refractivity contribution is -0.116. The summed E-state index contributed by atoms with van der Waals surface area (Å²) in [5, 5.41) is 2.86. The van der Waals surface area contributed by atoms with E-state index in [4.69, 9.17) is 0 Å². The minimum absolute atomic E-state index is 0.0778. The molecule has 5 nitrogen and oxygen atoms in total. The van der Waals surface area contributed by atoms with E-state index in [0.29, 0.717) is 5.69 Å². The number of sulfonamides is 1. The maximum absolute atomic E-state index is 12.3. The molecule has 0 spiro atoms. The highest BCUT2D eigenvalue weighted by atomic mass is 32.2. The minimum atomic E-state index is -3.46. The van der Waals surface area contributed by atoms with E-state index in [-0.39, 0.29) is 18.9 Å². The molecule has 0 aromatic heterocycles. The molecule has 1 N–H and O–H groups in total. The van der Waals surface area contributed by atoms with Crippen LogP contribution in [0.1, 0.15) is 23.1 Å². The Kier molecular flexibility index (Phi) is 5.85. The molecule has 0 saturated carbocycles. The van der Waals surface area contributed by atoms with Crippen molar-refractivity contribution in [3.8, 4) is 0 Å². The van der Waals surface area contributed by atoms with Crippen molar-refractivity contribution in [2.45, 2.75) is 27.2 Å². The Hall–Kier alpha value is -2.34. The number of rotatable bonds is 6. The summed E-state index contributed by atoms with van der Waals surface area (Å²) in [6.45, 7) is 5.92. The van der Waals surface area contributed by atoms with Crippen molar-refractivity contribution >= 4 is 27.3 Å². The quantitative estimate of drug-likeness (QED) is 0.858. The van der Waals surface area contributed by atoms with Gasteiger partial charge in [0, 0.05) is 18.7 Å².